The third-order valence-corrected chi connectivity index (χ3v) is 3.73. The van der Waals surface area contributed by atoms with Crippen molar-refractivity contribution in [2.24, 2.45) is 0 Å². The minimum Gasteiger partial charge on any atom is -0.394 e. The molecule has 2 aromatic heterocycles. The zero-order valence-corrected chi connectivity index (χ0v) is 12.2. The van der Waals surface area contributed by atoms with Crippen molar-refractivity contribution in [3.05, 3.63) is 23.6 Å². The third-order valence-electron chi connectivity index (χ3n) is 2.84. The largest absolute Gasteiger partial charge is 0.394 e. The molecule has 0 fully saturated rings. The Balaban J connectivity index is 2.24. The van der Waals surface area contributed by atoms with Crippen LogP contribution < -0.4 is 5.32 Å². The molecule has 6 nitrogen and oxygen atoms in total. The summed E-state index contributed by atoms with van der Waals surface area (Å²) in [7, 11) is 1.48. The molecule has 20 heavy (non-hydrogen) atoms. The fourth-order valence-electron chi connectivity index (χ4n) is 1.66. The van der Waals surface area contributed by atoms with Crippen LogP contribution in [0.15, 0.2) is 23.6 Å². The average molecular weight is 295 g/mol. The van der Waals surface area contributed by atoms with Gasteiger partial charge in [-0.05, 0) is 18.4 Å². The van der Waals surface area contributed by atoms with Gasteiger partial charge in [0.25, 0.3) is 5.91 Å². The number of aliphatic hydroxyl groups is 1. The van der Waals surface area contributed by atoms with Crippen molar-refractivity contribution in [2.75, 3.05) is 19.0 Å². The molecule has 0 aliphatic carbocycles. The highest BCUT2D eigenvalue weighted by Crippen LogP contribution is 2.26. The Morgan fingerprint density at radius 2 is 2.45 bits per heavy atom. The summed E-state index contributed by atoms with van der Waals surface area (Å²) in [6.07, 6.45) is -0.544. The van der Waals surface area contributed by atoms with Crippen LogP contribution in [-0.4, -0.2) is 40.6 Å². The van der Waals surface area contributed by atoms with Gasteiger partial charge in [-0.15, -0.1) is 11.3 Å². The molecule has 0 aliphatic heterocycles. The lowest BCUT2D eigenvalue weighted by molar-refractivity contribution is -0.124. The predicted octanol–water partition coefficient (Wildman–Crippen LogP) is 1.58. The van der Waals surface area contributed by atoms with Gasteiger partial charge in [0.2, 0.25) is 0 Å². The van der Waals surface area contributed by atoms with E-state index in [1.54, 1.807) is 29.0 Å². The fraction of sp³-hybridized carbons (Fsp3) is 0.385. The molecule has 0 saturated heterocycles. The number of carbonyl (C=O) groups excluding carboxylic acids is 1. The molecular weight excluding hydrogens is 278 g/mol. The van der Waals surface area contributed by atoms with Crippen molar-refractivity contribution < 1.29 is 14.6 Å². The second-order valence-corrected chi connectivity index (χ2v) is 5.15. The number of nitrogens with one attached hydrogen (secondary N) is 1. The molecule has 1 atom stereocenters. The highest BCUT2D eigenvalue weighted by Gasteiger charge is 2.16. The van der Waals surface area contributed by atoms with Crippen molar-refractivity contribution >= 4 is 23.1 Å². The van der Waals surface area contributed by atoms with Crippen LogP contribution in [0, 0.1) is 0 Å². The second kappa shape index (κ2) is 6.65. The van der Waals surface area contributed by atoms with E-state index in [4.69, 9.17) is 9.84 Å². The van der Waals surface area contributed by atoms with Crippen LogP contribution in [-0.2, 0) is 16.1 Å². The number of rotatable bonds is 6. The van der Waals surface area contributed by atoms with E-state index in [1.165, 1.54) is 7.11 Å². The molecule has 0 aliphatic rings. The SMILES string of the molecule is COC(C)C(=O)Nc1cc(-c2cccs2)nn1CCO. The quantitative estimate of drug-likeness (QED) is 0.848. The monoisotopic (exact) mass is 295 g/mol. The van der Waals surface area contributed by atoms with E-state index in [1.807, 2.05) is 17.5 Å². The summed E-state index contributed by atoms with van der Waals surface area (Å²) in [4.78, 5) is 12.9. The highest BCUT2D eigenvalue weighted by molar-refractivity contribution is 7.13. The molecule has 0 saturated carbocycles. The summed E-state index contributed by atoms with van der Waals surface area (Å²) >= 11 is 1.57. The van der Waals surface area contributed by atoms with Crippen LogP contribution in [0.1, 0.15) is 6.92 Å². The number of aliphatic hydroxyl groups excluding tert-OH is 1. The number of amides is 1. The zero-order chi connectivity index (χ0) is 14.5. The first-order chi connectivity index (χ1) is 9.65. The minimum atomic E-state index is -0.544. The number of thiophene rings is 1. The number of nitrogens with zero attached hydrogens (tertiary/aromatic N) is 2. The van der Waals surface area contributed by atoms with Gasteiger partial charge >= 0.3 is 0 Å². The van der Waals surface area contributed by atoms with Gasteiger partial charge in [-0.1, -0.05) is 6.07 Å². The summed E-state index contributed by atoms with van der Waals surface area (Å²) < 4.78 is 6.55. The Bertz CT molecular complexity index is 565. The first kappa shape index (κ1) is 14.7. The van der Waals surface area contributed by atoms with Crippen LogP contribution >= 0.6 is 11.3 Å². The number of aromatic nitrogens is 2. The predicted molar refractivity (Wildman–Crippen MR) is 77.7 cm³/mol. The van der Waals surface area contributed by atoms with E-state index < -0.39 is 6.10 Å². The Morgan fingerprint density at radius 3 is 3.05 bits per heavy atom. The number of carbonyl (C=O) groups is 1. The number of hydrogen-bond donors (Lipinski definition) is 2. The maximum Gasteiger partial charge on any atom is 0.254 e. The van der Waals surface area contributed by atoms with Crippen molar-refractivity contribution in [3.8, 4) is 10.6 Å². The summed E-state index contributed by atoms with van der Waals surface area (Å²) in [5, 5.41) is 18.2. The first-order valence-electron chi connectivity index (χ1n) is 6.22. The Hall–Kier alpha value is -1.70. The van der Waals surface area contributed by atoms with Gasteiger partial charge in [0.05, 0.1) is 18.0 Å². The molecule has 1 amide bonds. The molecule has 7 heteroatoms. The molecule has 0 radical (unpaired) electrons. The number of hydrogen-bond acceptors (Lipinski definition) is 5. The summed E-state index contributed by atoms with van der Waals surface area (Å²) in [6, 6.07) is 5.69. The molecule has 2 N–H and O–H groups in total. The lowest BCUT2D eigenvalue weighted by atomic mass is 10.3. The second-order valence-electron chi connectivity index (χ2n) is 4.21. The molecule has 0 aromatic carbocycles. The molecule has 0 bridgehead atoms. The topological polar surface area (TPSA) is 76.4 Å². The molecule has 2 rings (SSSR count). The Kier molecular flexibility index (Phi) is 4.89. The zero-order valence-electron chi connectivity index (χ0n) is 11.4. The lowest BCUT2D eigenvalue weighted by Gasteiger charge is -2.11. The molecular formula is C13H17N3O3S. The summed E-state index contributed by atoms with van der Waals surface area (Å²) in [5.41, 5.74) is 0.772. The molecule has 1 unspecified atom stereocenters. The minimum absolute atomic E-state index is 0.0474. The Labute approximate surface area is 121 Å². The van der Waals surface area contributed by atoms with Gasteiger partial charge in [0.15, 0.2) is 0 Å². The van der Waals surface area contributed by atoms with Crippen LogP contribution in [0.25, 0.3) is 10.6 Å². The maximum atomic E-state index is 11.9. The number of ether oxygens (including phenoxy) is 1. The normalized spacial score (nSPS) is 12.3. The van der Waals surface area contributed by atoms with E-state index >= 15 is 0 Å². The molecule has 2 aromatic rings. The molecule has 108 valence electrons. The van der Waals surface area contributed by atoms with Crippen molar-refractivity contribution in [1.82, 2.24) is 9.78 Å². The smallest absolute Gasteiger partial charge is 0.254 e. The standard InChI is InChI=1S/C13H17N3O3S/c1-9(19-2)13(18)14-12-8-10(11-4-3-7-20-11)15-16(12)5-6-17/h3-4,7-9,17H,5-6H2,1-2H3,(H,14,18). The van der Waals surface area contributed by atoms with Gasteiger partial charge in [-0.25, -0.2) is 4.68 Å². The van der Waals surface area contributed by atoms with Crippen molar-refractivity contribution in [1.29, 1.82) is 0 Å². The average Bonchev–Trinajstić information content (AvgIpc) is 3.08. The first-order valence-corrected chi connectivity index (χ1v) is 7.10. The summed E-state index contributed by atoms with van der Waals surface area (Å²) in [5.74, 6) is 0.306. The van der Waals surface area contributed by atoms with E-state index in [2.05, 4.69) is 10.4 Å². The number of methoxy groups -OCH3 is 1. The van der Waals surface area contributed by atoms with Crippen molar-refractivity contribution in [3.63, 3.8) is 0 Å². The number of anilines is 1. The van der Waals surface area contributed by atoms with Crippen LogP contribution in [0.5, 0.6) is 0 Å². The van der Waals surface area contributed by atoms with Crippen molar-refractivity contribution in [2.45, 2.75) is 19.6 Å². The Morgan fingerprint density at radius 1 is 1.65 bits per heavy atom. The van der Waals surface area contributed by atoms with Gasteiger partial charge < -0.3 is 15.2 Å². The maximum absolute atomic E-state index is 11.9. The van der Waals surface area contributed by atoms with Gasteiger partial charge in [-0.2, -0.15) is 5.10 Å². The molecule has 2 heterocycles. The van der Waals surface area contributed by atoms with E-state index in [9.17, 15) is 4.79 Å². The highest BCUT2D eigenvalue weighted by atomic mass is 32.1. The van der Waals surface area contributed by atoms with E-state index in [-0.39, 0.29) is 12.5 Å². The van der Waals surface area contributed by atoms with E-state index in [0.717, 1.165) is 10.6 Å². The lowest BCUT2D eigenvalue weighted by Crippen LogP contribution is -2.28. The third kappa shape index (κ3) is 3.24. The van der Waals surface area contributed by atoms with E-state index in [0.29, 0.717) is 12.4 Å². The molecule has 0 spiro atoms. The van der Waals surface area contributed by atoms with Crippen LogP contribution in [0.4, 0.5) is 5.82 Å². The van der Waals surface area contributed by atoms with Gasteiger partial charge in [-0.3, -0.25) is 4.79 Å². The van der Waals surface area contributed by atoms with Crippen LogP contribution in [0.3, 0.4) is 0 Å². The summed E-state index contributed by atoms with van der Waals surface area (Å²) in [6.45, 7) is 1.94. The van der Waals surface area contributed by atoms with Gasteiger partial charge in [0, 0.05) is 13.2 Å². The fourth-order valence-corrected chi connectivity index (χ4v) is 2.34. The van der Waals surface area contributed by atoms with Crippen LogP contribution in [0.2, 0.25) is 0 Å². The van der Waals surface area contributed by atoms with Gasteiger partial charge in [0.1, 0.15) is 17.6 Å².